The van der Waals surface area contributed by atoms with Gasteiger partial charge >= 0.3 is 0 Å². The topological polar surface area (TPSA) is 110 Å². The molecule has 1 N–H and O–H groups in total. The van der Waals surface area contributed by atoms with Crippen LogP contribution in [0.3, 0.4) is 0 Å². The van der Waals surface area contributed by atoms with Crippen molar-refractivity contribution in [3.63, 3.8) is 0 Å². The van der Waals surface area contributed by atoms with Crippen molar-refractivity contribution in [3.8, 4) is 5.88 Å². The Morgan fingerprint density at radius 2 is 2.08 bits per heavy atom. The maximum absolute atomic E-state index is 12.3. The van der Waals surface area contributed by atoms with E-state index in [2.05, 4.69) is 20.0 Å². The van der Waals surface area contributed by atoms with Crippen molar-refractivity contribution in [1.82, 2.24) is 24.6 Å². The van der Waals surface area contributed by atoms with E-state index in [-0.39, 0.29) is 5.16 Å². The summed E-state index contributed by atoms with van der Waals surface area (Å²) < 4.78 is 30.3. The average Bonchev–Trinajstić information content (AvgIpc) is 2.80. The summed E-state index contributed by atoms with van der Waals surface area (Å²) in [7, 11) is -0.115. The Labute approximate surface area is 145 Å². The van der Waals surface area contributed by atoms with Gasteiger partial charge in [0.2, 0.25) is 20.9 Å². The first-order valence-corrected chi connectivity index (χ1v) is 9.70. The van der Waals surface area contributed by atoms with E-state index in [1.807, 2.05) is 14.0 Å². The predicted molar refractivity (Wildman–Crippen MR) is 90.3 cm³/mol. The van der Waals surface area contributed by atoms with Gasteiger partial charge in [0.15, 0.2) is 0 Å². The van der Waals surface area contributed by atoms with Crippen molar-refractivity contribution in [2.45, 2.75) is 31.6 Å². The number of H-pyrrole nitrogens is 1. The molecule has 0 unspecified atom stereocenters. The third-order valence-corrected chi connectivity index (χ3v) is 5.24. The molecule has 0 aliphatic carbocycles. The molecule has 2 aromatic rings. The minimum absolute atomic E-state index is 0.269. The number of aromatic amines is 1. The first kappa shape index (κ1) is 17.6. The molecule has 2 aromatic heterocycles. The van der Waals surface area contributed by atoms with Gasteiger partial charge < -0.3 is 4.74 Å². The Balaban J connectivity index is 1.89. The fraction of sp³-hybridized carbons (Fsp3) is 0.533. The van der Waals surface area contributed by atoms with Gasteiger partial charge in [0.05, 0.1) is 29.6 Å². The van der Waals surface area contributed by atoms with E-state index < -0.39 is 15.4 Å². The number of rotatable bonds is 4. The highest BCUT2D eigenvalue weighted by Gasteiger charge is 2.25. The lowest BCUT2D eigenvalue weighted by Crippen LogP contribution is -2.36. The number of sulfone groups is 1. The summed E-state index contributed by atoms with van der Waals surface area (Å²) in [6, 6.07) is 0. The molecule has 0 atom stereocenters. The van der Waals surface area contributed by atoms with Crippen LogP contribution in [0.25, 0.3) is 0 Å². The van der Waals surface area contributed by atoms with E-state index in [1.165, 1.54) is 0 Å². The van der Waals surface area contributed by atoms with Gasteiger partial charge in [-0.2, -0.15) is 5.10 Å². The van der Waals surface area contributed by atoms with Crippen LogP contribution in [0.5, 0.6) is 5.88 Å². The lowest BCUT2D eigenvalue weighted by atomic mass is 10.1. The molecule has 0 bridgehead atoms. The maximum Gasteiger partial charge on any atom is 0.256 e. The van der Waals surface area contributed by atoms with Crippen molar-refractivity contribution < 1.29 is 13.2 Å². The minimum atomic E-state index is -3.54. The van der Waals surface area contributed by atoms with Crippen LogP contribution in [0.4, 0.5) is 0 Å². The number of nitrogens with zero attached hydrogens (tertiary/aromatic N) is 4. The Kier molecular flexibility index (Phi) is 4.41. The maximum atomic E-state index is 12.3. The number of ether oxygens (including phenoxy) is 1. The third-order valence-electron chi connectivity index (χ3n) is 4.34. The van der Waals surface area contributed by atoms with Gasteiger partial charge in [0.25, 0.3) is 5.56 Å². The SMILES string of the molecule is COc1c(CN2CCc3nc(S(C)(=O)=O)[nH]c(=O)c3C2)c(C)nn1C. The van der Waals surface area contributed by atoms with Gasteiger partial charge in [-0.3, -0.25) is 14.7 Å². The zero-order valence-electron chi connectivity index (χ0n) is 14.7. The molecule has 0 spiro atoms. The third kappa shape index (κ3) is 3.31. The van der Waals surface area contributed by atoms with Crippen molar-refractivity contribution >= 4 is 9.84 Å². The molecule has 136 valence electrons. The standard InChI is InChI=1S/C15H21N5O4S/c1-9-10(14(24-3)19(2)18-9)7-20-6-5-12-11(8-20)13(21)17-15(16-12)25(4,22)23/h5-8H2,1-4H3,(H,16,17,21). The summed E-state index contributed by atoms with van der Waals surface area (Å²) in [6.45, 7) is 3.58. The summed E-state index contributed by atoms with van der Waals surface area (Å²) >= 11 is 0. The number of fused-ring (bicyclic) bond motifs is 1. The normalized spacial score (nSPS) is 15.2. The van der Waals surface area contributed by atoms with Crippen molar-refractivity contribution in [1.29, 1.82) is 0 Å². The van der Waals surface area contributed by atoms with E-state index in [1.54, 1.807) is 11.8 Å². The van der Waals surface area contributed by atoms with Gasteiger partial charge in [-0.1, -0.05) is 0 Å². The molecule has 0 aromatic carbocycles. The first-order chi connectivity index (χ1) is 11.7. The summed E-state index contributed by atoms with van der Waals surface area (Å²) in [5.41, 5.74) is 2.52. The largest absolute Gasteiger partial charge is 0.481 e. The van der Waals surface area contributed by atoms with Gasteiger partial charge in [-0.05, 0) is 6.92 Å². The Morgan fingerprint density at radius 3 is 2.72 bits per heavy atom. The molecule has 3 heterocycles. The van der Waals surface area contributed by atoms with Gasteiger partial charge in [-0.15, -0.1) is 0 Å². The quantitative estimate of drug-likeness (QED) is 0.744. The van der Waals surface area contributed by atoms with Crippen LogP contribution in [0.15, 0.2) is 9.95 Å². The highest BCUT2D eigenvalue weighted by atomic mass is 32.2. The highest BCUT2D eigenvalue weighted by molar-refractivity contribution is 7.90. The van der Waals surface area contributed by atoms with Gasteiger partial charge in [0.1, 0.15) is 0 Å². The van der Waals surface area contributed by atoms with E-state index in [0.717, 1.165) is 17.5 Å². The zero-order valence-corrected chi connectivity index (χ0v) is 15.5. The Bertz CT molecular complexity index is 977. The number of nitrogens with one attached hydrogen (secondary N) is 1. The monoisotopic (exact) mass is 367 g/mol. The van der Waals surface area contributed by atoms with Crippen molar-refractivity contribution in [3.05, 3.63) is 32.9 Å². The lowest BCUT2D eigenvalue weighted by molar-refractivity contribution is 0.236. The molecule has 1 aliphatic heterocycles. The Morgan fingerprint density at radius 1 is 1.36 bits per heavy atom. The number of hydrogen-bond acceptors (Lipinski definition) is 7. The van der Waals surface area contributed by atoms with E-state index in [9.17, 15) is 13.2 Å². The number of hydrogen-bond donors (Lipinski definition) is 1. The molecule has 0 fully saturated rings. The smallest absolute Gasteiger partial charge is 0.256 e. The second-order valence-electron chi connectivity index (χ2n) is 6.23. The van der Waals surface area contributed by atoms with Gasteiger partial charge in [-0.25, -0.2) is 18.1 Å². The summed E-state index contributed by atoms with van der Waals surface area (Å²) in [5.74, 6) is 0.697. The molecule has 0 amide bonds. The number of aromatic nitrogens is 4. The van der Waals surface area contributed by atoms with Crippen LogP contribution in [0, 0.1) is 6.92 Å². The van der Waals surface area contributed by atoms with Crippen LogP contribution in [0.1, 0.15) is 22.5 Å². The zero-order chi connectivity index (χ0) is 18.4. The Hall–Kier alpha value is -2.20. The summed E-state index contributed by atoms with van der Waals surface area (Å²) in [4.78, 5) is 20.9. The fourth-order valence-electron chi connectivity index (χ4n) is 3.11. The van der Waals surface area contributed by atoms with Gasteiger partial charge in [0, 0.05) is 39.4 Å². The number of methoxy groups -OCH3 is 1. The second kappa shape index (κ2) is 6.26. The molecule has 10 heteroatoms. The first-order valence-electron chi connectivity index (χ1n) is 7.81. The van der Waals surface area contributed by atoms with Crippen molar-refractivity contribution in [2.24, 2.45) is 7.05 Å². The summed E-state index contributed by atoms with van der Waals surface area (Å²) in [5, 5.41) is 4.10. The van der Waals surface area contributed by atoms with E-state index in [4.69, 9.17) is 4.74 Å². The molecule has 25 heavy (non-hydrogen) atoms. The fourth-order valence-corrected chi connectivity index (χ4v) is 3.66. The average molecular weight is 367 g/mol. The molecule has 9 nitrogen and oxygen atoms in total. The molecule has 0 radical (unpaired) electrons. The van der Waals surface area contributed by atoms with Crippen molar-refractivity contribution in [2.75, 3.05) is 19.9 Å². The van der Waals surface area contributed by atoms with Crippen LogP contribution < -0.4 is 10.3 Å². The minimum Gasteiger partial charge on any atom is -0.481 e. The predicted octanol–water partition coefficient (Wildman–Crippen LogP) is -0.218. The van der Waals surface area contributed by atoms with E-state index in [0.29, 0.717) is 43.2 Å². The molecular weight excluding hydrogens is 346 g/mol. The number of aryl methyl sites for hydroxylation is 2. The van der Waals surface area contributed by atoms with Crippen LogP contribution in [0.2, 0.25) is 0 Å². The molecule has 1 aliphatic rings. The second-order valence-corrected chi connectivity index (χ2v) is 8.16. The molecule has 3 rings (SSSR count). The molecule has 0 saturated carbocycles. The van der Waals surface area contributed by atoms with Crippen LogP contribution >= 0.6 is 0 Å². The highest BCUT2D eigenvalue weighted by Crippen LogP contribution is 2.25. The molecule has 0 saturated heterocycles. The van der Waals surface area contributed by atoms with Crippen LogP contribution in [-0.4, -0.2) is 53.0 Å². The van der Waals surface area contributed by atoms with E-state index >= 15 is 0 Å². The van der Waals surface area contributed by atoms with Crippen LogP contribution in [-0.2, 0) is 36.4 Å². The lowest BCUT2D eigenvalue weighted by Gasteiger charge is -2.27. The summed E-state index contributed by atoms with van der Waals surface area (Å²) in [6.07, 6.45) is 1.55. The molecular formula is C15H21N5O4S.